The van der Waals surface area contributed by atoms with Crippen LogP contribution >= 0.6 is 0 Å². The molecule has 2 aromatic rings. The first-order chi connectivity index (χ1) is 8.40. The molecule has 0 bridgehead atoms. The molecule has 0 aliphatic carbocycles. The minimum atomic E-state index is -0.330. The third-order valence-corrected chi connectivity index (χ3v) is 2.46. The van der Waals surface area contributed by atoms with Crippen LogP contribution in [0.15, 0.2) is 49.1 Å². The maximum Gasteiger partial charge on any atom is 0.176 e. The van der Waals surface area contributed by atoms with Crippen LogP contribution in [0.5, 0.6) is 5.75 Å². The lowest BCUT2D eigenvalue weighted by atomic mass is 10.3. The molecular formula is C13H15FN2O. The second kappa shape index (κ2) is 6.03. The fourth-order valence-corrected chi connectivity index (χ4v) is 1.62. The molecule has 1 aromatic carbocycles. The van der Waals surface area contributed by atoms with Crippen molar-refractivity contribution in [2.45, 2.75) is 19.1 Å². The van der Waals surface area contributed by atoms with Crippen LogP contribution in [0.25, 0.3) is 0 Å². The molecule has 0 fully saturated rings. The second-order valence-corrected chi connectivity index (χ2v) is 3.73. The Morgan fingerprint density at radius 1 is 1.29 bits per heavy atom. The molecule has 0 aliphatic heterocycles. The first-order valence-corrected chi connectivity index (χ1v) is 5.65. The van der Waals surface area contributed by atoms with E-state index in [0.717, 1.165) is 5.75 Å². The SMILES string of the molecule is FCCCC(Oc1ccccc1)n1ccnc1. The zero-order valence-corrected chi connectivity index (χ0v) is 9.50. The van der Waals surface area contributed by atoms with E-state index in [1.54, 1.807) is 12.5 Å². The lowest BCUT2D eigenvalue weighted by molar-refractivity contribution is 0.116. The van der Waals surface area contributed by atoms with Crippen molar-refractivity contribution in [2.75, 3.05) is 6.67 Å². The van der Waals surface area contributed by atoms with E-state index in [2.05, 4.69) is 4.98 Å². The molecule has 0 radical (unpaired) electrons. The van der Waals surface area contributed by atoms with E-state index in [9.17, 15) is 4.39 Å². The van der Waals surface area contributed by atoms with Crippen molar-refractivity contribution in [1.29, 1.82) is 0 Å². The Bertz CT molecular complexity index is 416. The zero-order valence-electron chi connectivity index (χ0n) is 9.50. The monoisotopic (exact) mass is 234 g/mol. The van der Waals surface area contributed by atoms with Gasteiger partial charge in [0.2, 0.25) is 0 Å². The molecule has 0 aliphatic rings. The molecule has 1 unspecified atom stereocenters. The van der Waals surface area contributed by atoms with Gasteiger partial charge < -0.3 is 9.30 Å². The molecular weight excluding hydrogens is 219 g/mol. The molecule has 0 spiro atoms. The molecule has 17 heavy (non-hydrogen) atoms. The normalized spacial score (nSPS) is 12.3. The van der Waals surface area contributed by atoms with Gasteiger partial charge in [-0.3, -0.25) is 4.39 Å². The summed E-state index contributed by atoms with van der Waals surface area (Å²) in [6.07, 6.45) is 6.11. The molecule has 1 heterocycles. The van der Waals surface area contributed by atoms with Crippen molar-refractivity contribution in [3.63, 3.8) is 0 Å². The highest BCUT2D eigenvalue weighted by molar-refractivity contribution is 5.21. The summed E-state index contributed by atoms with van der Waals surface area (Å²) < 4.78 is 19.9. The van der Waals surface area contributed by atoms with Crippen molar-refractivity contribution in [2.24, 2.45) is 0 Å². The van der Waals surface area contributed by atoms with Crippen LogP contribution in [0, 0.1) is 0 Å². The number of benzene rings is 1. The number of halogens is 1. The van der Waals surface area contributed by atoms with Gasteiger partial charge in [-0.05, 0) is 18.6 Å². The van der Waals surface area contributed by atoms with Crippen molar-refractivity contribution in [3.05, 3.63) is 49.1 Å². The smallest absolute Gasteiger partial charge is 0.176 e. The van der Waals surface area contributed by atoms with E-state index in [1.165, 1.54) is 0 Å². The van der Waals surface area contributed by atoms with Gasteiger partial charge in [0.15, 0.2) is 6.23 Å². The van der Waals surface area contributed by atoms with Crippen LogP contribution in [0.4, 0.5) is 4.39 Å². The average molecular weight is 234 g/mol. The fourth-order valence-electron chi connectivity index (χ4n) is 1.62. The summed E-state index contributed by atoms with van der Waals surface area (Å²) in [6, 6.07) is 9.53. The van der Waals surface area contributed by atoms with Gasteiger partial charge in [0.25, 0.3) is 0 Å². The molecule has 0 saturated heterocycles. The Kier molecular flexibility index (Phi) is 4.13. The summed E-state index contributed by atoms with van der Waals surface area (Å²) in [5, 5.41) is 0. The van der Waals surface area contributed by atoms with E-state index in [1.807, 2.05) is 41.1 Å². The van der Waals surface area contributed by atoms with Gasteiger partial charge in [0.05, 0.1) is 13.0 Å². The Labute approximate surface area is 99.9 Å². The maximum atomic E-state index is 12.3. The number of hydrogen-bond donors (Lipinski definition) is 0. The van der Waals surface area contributed by atoms with Gasteiger partial charge in [-0.2, -0.15) is 0 Å². The summed E-state index contributed by atoms with van der Waals surface area (Å²) in [7, 11) is 0. The third-order valence-electron chi connectivity index (χ3n) is 2.46. The Morgan fingerprint density at radius 3 is 2.76 bits per heavy atom. The van der Waals surface area contributed by atoms with E-state index < -0.39 is 0 Å². The number of hydrogen-bond acceptors (Lipinski definition) is 2. The topological polar surface area (TPSA) is 27.1 Å². The number of para-hydroxylation sites is 1. The van der Waals surface area contributed by atoms with Crippen LogP contribution in [-0.2, 0) is 0 Å². The Hall–Kier alpha value is -1.84. The first-order valence-electron chi connectivity index (χ1n) is 5.65. The van der Waals surface area contributed by atoms with Crippen molar-refractivity contribution in [1.82, 2.24) is 9.55 Å². The number of nitrogens with zero attached hydrogens (tertiary/aromatic N) is 2. The summed E-state index contributed by atoms with van der Waals surface area (Å²) in [4.78, 5) is 3.98. The average Bonchev–Trinajstić information content (AvgIpc) is 2.89. The molecule has 2 rings (SSSR count). The number of imidazole rings is 1. The molecule has 0 N–H and O–H groups in total. The number of ether oxygens (including phenoxy) is 1. The Morgan fingerprint density at radius 2 is 2.12 bits per heavy atom. The summed E-state index contributed by atoms with van der Waals surface area (Å²) in [5.74, 6) is 0.782. The maximum absolute atomic E-state index is 12.3. The van der Waals surface area contributed by atoms with Crippen LogP contribution in [0.2, 0.25) is 0 Å². The second-order valence-electron chi connectivity index (χ2n) is 3.73. The first kappa shape index (κ1) is 11.6. The zero-order chi connectivity index (χ0) is 11.9. The predicted molar refractivity (Wildman–Crippen MR) is 63.5 cm³/mol. The molecule has 1 aromatic heterocycles. The van der Waals surface area contributed by atoms with Gasteiger partial charge in [-0.1, -0.05) is 18.2 Å². The van der Waals surface area contributed by atoms with Gasteiger partial charge in [0, 0.05) is 18.8 Å². The quantitative estimate of drug-likeness (QED) is 0.767. The highest BCUT2D eigenvalue weighted by Gasteiger charge is 2.11. The third kappa shape index (κ3) is 3.31. The molecule has 0 amide bonds. The van der Waals surface area contributed by atoms with Crippen LogP contribution in [0.1, 0.15) is 19.1 Å². The summed E-state index contributed by atoms with van der Waals surface area (Å²) >= 11 is 0. The lowest BCUT2D eigenvalue weighted by Crippen LogP contribution is -2.14. The van der Waals surface area contributed by atoms with Crippen molar-refractivity contribution >= 4 is 0 Å². The highest BCUT2D eigenvalue weighted by Crippen LogP contribution is 2.20. The molecule has 3 nitrogen and oxygen atoms in total. The lowest BCUT2D eigenvalue weighted by Gasteiger charge is -2.19. The fraction of sp³-hybridized carbons (Fsp3) is 0.308. The van der Waals surface area contributed by atoms with Gasteiger partial charge in [0.1, 0.15) is 5.75 Å². The van der Waals surface area contributed by atoms with Gasteiger partial charge in [-0.15, -0.1) is 0 Å². The van der Waals surface area contributed by atoms with Gasteiger partial charge >= 0.3 is 0 Å². The van der Waals surface area contributed by atoms with Crippen molar-refractivity contribution in [3.8, 4) is 5.75 Å². The molecule has 1 atom stereocenters. The van der Waals surface area contributed by atoms with Crippen LogP contribution < -0.4 is 4.74 Å². The molecule has 90 valence electrons. The molecule has 0 saturated carbocycles. The predicted octanol–water partition coefficient (Wildman–Crippen LogP) is 3.21. The van der Waals surface area contributed by atoms with E-state index >= 15 is 0 Å². The molecule has 4 heteroatoms. The summed E-state index contributed by atoms with van der Waals surface area (Å²) in [5.41, 5.74) is 0. The minimum absolute atomic E-state index is 0.198. The van der Waals surface area contributed by atoms with E-state index in [0.29, 0.717) is 12.8 Å². The van der Waals surface area contributed by atoms with Crippen LogP contribution in [-0.4, -0.2) is 16.2 Å². The summed E-state index contributed by atoms with van der Waals surface area (Å²) in [6.45, 7) is -0.330. The minimum Gasteiger partial charge on any atom is -0.470 e. The standard InChI is InChI=1S/C13H15FN2O/c14-8-4-7-13(16-10-9-15-11-16)17-12-5-2-1-3-6-12/h1-3,5-6,9-11,13H,4,7-8H2. The van der Waals surface area contributed by atoms with Crippen LogP contribution in [0.3, 0.4) is 0 Å². The number of alkyl halides is 1. The van der Waals surface area contributed by atoms with Gasteiger partial charge in [-0.25, -0.2) is 4.98 Å². The number of aromatic nitrogens is 2. The largest absolute Gasteiger partial charge is 0.470 e. The Balaban J connectivity index is 2.06. The highest BCUT2D eigenvalue weighted by atomic mass is 19.1. The van der Waals surface area contributed by atoms with Crippen molar-refractivity contribution < 1.29 is 9.13 Å². The number of rotatable bonds is 6. The van der Waals surface area contributed by atoms with E-state index in [4.69, 9.17) is 4.74 Å². The van der Waals surface area contributed by atoms with E-state index in [-0.39, 0.29) is 12.9 Å².